The maximum atomic E-state index is 11.7. The zero-order valence-corrected chi connectivity index (χ0v) is 12.6. The lowest BCUT2D eigenvalue weighted by Crippen LogP contribution is -2.22. The molecule has 6 nitrogen and oxygen atoms in total. The minimum Gasteiger partial charge on any atom is -0.492 e. The average Bonchev–Trinajstić information content (AvgIpc) is 2.37. The fourth-order valence-corrected chi connectivity index (χ4v) is 2.28. The third kappa shape index (κ3) is 3.86. The number of carbonyl (C=O) groups is 1. The van der Waals surface area contributed by atoms with Crippen LogP contribution in [-0.2, 0) is 14.6 Å². The Morgan fingerprint density at radius 1 is 1.35 bits per heavy atom. The molecule has 7 heteroatoms. The lowest BCUT2D eigenvalue weighted by molar-refractivity contribution is 0.0597. The molecule has 112 valence electrons. The van der Waals surface area contributed by atoms with Gasteiger partial charge in [-0.05, 0) is 26.0 Å². The molecule has 2 N–H and O–H groups in total. The predicted octanol–water partition coefficient (Wildman–Crippen LogP) is 1.26. The zero-order chi connectivity index (χ0) is 15.3. The fourth-order valence-electron chi connectivity index (χ4n) is 1.49. The second-order valence-electron chi connectivity index (χ2n) is 4.48. The Morgan fingerprint density at radius 3 is 2.55 bits per heavy atom. The second kappa shape index (κ2) is 6.60. The van der Waals surface area contributed by atoms with Crippen LogP contribution in [0.25, 0.3) is 0 Å². The highest BCUT2D eigenvalue weighted by Gasteiger charge is 2.19. The highest BCUT2D eigenvalue weighted by atomic mass is 32.2. The molecule has 0 aliphatic carbocycles. The summed E-state index contributed by atoms with van der Waals surface area (Å²) in [5.74, 6) is -0.527. The first-order valence-electron chi connectivity index (χ1n) is 6.10. The fraction of sp³-hybridized carbons (Fsp3) is 0.462. The quantitative estimate of drug-likeness (QED) is 0.627. The minimum absolute atomic E-state index is 0.0477. The Bertz CT molecular complexity index is 580. The van der Waals surface area contributed by atoms with Crippen LogP contribution in [0, 0.1) is 0 Å². The van der Waals surface area contributed by atoms with Gasteiger partial charge in [-0.3, -0.25) is 0 Å². The number of anilines is 1. The summed E-state index contributed by atoms with van der Waals surface area (Å²) >= 11 is 0. The number of hydrogen-bond donors (Lipinski definition) is 1. The SMILES string of the molecule is COC(=O)c1c(N)cccc1OCCS(=O)(=O)C(C)C. The van der Waals surface area contributed by atoms with Gasteiger partial charge in [0.25, 0.3) is 0 Å². The van der Waals surface area contributed by atoms with E-state index in [4.69, 9.17) is 10.5 Å². The van der Waals surface area contributed by atoms with Crippen molar-refractivity contribution in [1.29, 1.82) is 0 Å². The van der Waals surface area contributed by atoms with E-state index in [2.05, 4.69) is 4.74 Å². The van der Waals surface area contributed by atoms with Crippen molar-refractivity contribution in [3.63, 3.8) is 0 Å². The first-order chi connectivity index (χ1) is 9.29. The van der Waals surface area contributed by atoms with Crippen molar-refractivity contribution in [2.75, 3.05) is 25.2 Å². The van der Waals surface area contributed by atoms with Crippen LogP contribution in [0.4, 0.5) is 5.69 Å². The highest BCUT2D eigenvalue weighted by molar-refractivity contribution is 7.91. The molecule has 0 bridgehead atoms. The molecule has 0 spiro atoms. The standard InChI is InChI=1S/C13H19NO5S/c1-9(2)20(16,17)8-7-19-11-6-4-5-10(14)12(11)13(15)18-3/h4-6,9H,7-8,14H2,1-3H3. The Labute approximate surface area is 118 Å². The van der Waals surface area contributed by atoms with Gasteiger partial charge in [0.2, 0.25) is 0 Å². The first-order valence-corrected chi connectivity index (χ1v) is 7.82. The van der Waals surface area contributed by atoms with E-state index in [9.17, 15) is 13.2 Å². The number of rotatable bonds is 6. The van der Waals surface area contributed by atoms with Crippen molar-refractivity contribution in [2.24, 2.45) is 0 Å². The van der Waals surface area contributed by atoms with E-state index in [0.717, 1.165) is 0 Å². The van der Waals surface area contributed by atoms with E-state index in [-0.39, 0.29) is 29.4 Å². The number of ether oxygens (including phenoxy) is 2. The van der Waals surface area contributed by atoms with Gasteiger partial charge in [0, 0.05) is 5.69 Å². The monoisotopic (exact) mass is 301 g/mol. The minimum atomic E-state index is -3.19. The normalized spacial score (nSPS) is 11.4. The van der Waals surface area contributed by atoms with Crippen LogP contribution in [-0.4, -0.2) is 39.1 Å². The third-order valence-corrected chi connectivity index (χ3v) is 4.96. The average molecular weight is 301 g/mol. The summed E-state index contributed by atoms with van der Waals surface area (Å²) in [6.45, 7) is 3.17. The van der Waals surface area contributed by atoms with Gasteiger partial charge in [-0.1, -0.05) is 6.07 Å². The van der Waals surface area contributed by atoms with Crippen molar-refractivity contribution < 1.29 is 22.7 Å². The number of carbonyl (C=O) groups excluding carboxylic acids is 1. The van der Waals surface area contributed by atoms with Crippen molar-refractivity contribution in [3.8, 4) is 5.75 Å². The number of nitrogens with two attached hydrogens (primary N) is 1. The van der Waals surface area contributed by atoms with E-state index < -0.39 is 21.1 Å². The lowest BCUT2D eigenvalue weighted by atomic mass is 10.1. The smallest absolute Gasteiger partial charge is 0.343 e. The Kier molecular flexibility index (Phi) is 5.38. The predicted molar refractivity (Wildman–Crippen MR) is 76.6 cm³/mol. The molecule has 1 aromatic carbocycles. The van der Waals surface area contributed by atoms with Crippen LogP contribution >= 0.6 is 0 Å². The van der Waals surface area contributed by atoms with Crippen LogP contribution in [0.15, 0.2) is 18.2 Å². The summed E-state index contributed by atoms with van der Waals surface area (Å²) in [6, 6.07) is 4.71. The van der Waals surface area contributed by atoms with Gasteiger partial charge in [0.05, 0.1) is 18.1 Å². The molecule has 0 heterocycles. The molecule has 1 aromatic rings. The number of methoxy groups -OCH3 is 1. The van der Waals surface area contributed by atoms with Gasteiger partial charge in [-0.2, -0.15) is 0 Å². The molecule has 0 aliphatic rings. The Balaban J connectivity index is 2.84. The van der Waals surface area contributed by atoms with Gasteiger partial charge >= 0.3 is 5.97 Å². The highest BCUT2D eigenvalue weighted by Crippen LogP contribution is 2.25. The molecule has 0 aromatic heterocycles. The van der Waals surface area contributed by atoms with Crippen molar-refractivity contribution in [1.82, 2.24) is 0 Å². The molecule has 0 amide bonds. The Hall–Kier alpha value is -1.76. The van der Waals surface area contributed by atoms with Gasteiger partial charge < -0.3 is 15.2 Å². The summed E-state index contributed by atoms with van der Waals surface area (Å²) in [4.78, 5) is 11.6. The molecule has 0 atom stereocenters. The molecular weight excluding hydrogens is 282 g/mol. The van der Waals surface area contributed by atoms with Crippen LogP contribution in [0.5, 0.6) is 5.75 Å². The van der Waals surface area contributed by atoms with Crippen LogP contribution < -0.4 is 10.5 Å². The maximum absolute atomic E-state index is 11.7. The molecule has 0 aliphatic heterocycles. The number of benzene rings is 1. The summed E-state index contributed by atoms with van der Waals surface area (Å²) in [5.41, 5.74) is 6.04. The number of nitrogen functional groups attached to an aromatic ring is 1. The van der Waals surface area contributed by atoms with E-state index in [1.807, 2.05) is 0 Å². The van der Waals surface area contributed by atoms with Crippen LogP contribution in [0.2, 0.25) is 0 Å². The van der Waals surface area contributed by atoms with Crippen LogP contribution in [0.1, 0.15) is 24.2 Å². The molecule has 0 saturated carbocycles. The summed E-state index contributed by atoms with van der Waals surface area (Å²) in [6.07, 6.45) is 0. The molecule has 0 unspecified atom stereocenters. The largest absolute Gasteiger partial charge is 0.492 e. The topological polar surface area (TPSA) is 95.7 Å². The van der Waals surface area contributed by atoms with Crippen molar-refractivity contribution in [3.05, 3.63) is 23.8 Å². The van der Waals surface area contributed by atoms with Gasteiger partial charge in [-0.15, -0.1) is 0 Å². The van der Waals surface area contributed by atoms with Crippen molar-refractivity contribution in [2.45, 2.75) is 19.1 Å². The second-order valence-corrected chi connectivity index (χ2v) is 7.15. The lowest BCUT2D eigenvalue weighted by Gasteiger charge is -2.13. The van der Waals surface area contributed by atoms with Crippen LogP contribution in [0.3, 0.4) is 0 Å². The summed E-state index contributed by atoms with van der Waals surface area (Å²) in [5, 5.41) is -0.466. The van der Waals surface area contributed by atoms with E-state index in [0.29, 0.717) is 0 Å². The van der Waals surface area contributed by atoms with Gasteiger partial charge in [0.1, 0.15) is 17.9 Å². The molecule has 20 heavy (non-hydrogen) atoms. The van der Waals surface area contributed by atoms with Crippen molar-refractivity contribution >= 4 is 21.5 Å². The van der Waals surface area contributed by atoms with E-state index in [1.165, 1.54) is 7.11 Å². The molecule has 0 fully saturated rings. The Morgan fingerprint density at radius 2 is 2.00 bits per heavy atom. The molecule has 0 saturated heterocycles. The van der Waals surface area contributed by atoms with Gasteiger partial charge in [0.15, 0.2) is 9.84 Å². The number of sulfone groups is 1. The van der Waals surface area contributed by atoms with E-state index >= 15 is 0 Å². The van der Waals surface area contributed by atoms with E-state index in [1.54, 1.807) is 32.0 Å². The number of hydrogen-bond acceptors (Lipinski definition) is 6. The zero-order valence-electron chi connectivity index (χ0n) is 11.8. The number of esters is 1. The molecular formula is C13H19NO5S. The third-order valence-electron chi connectivity index (χ3n) is 2.79. The summed E-state index contributed by atoms with van der Waals surface area (Å²) in [7, 11) is -1.95. The molecule has 1 rings (SSSR count). The molecule has 0 radical (unpaired) electrons. The van der Waals surface area contributed by atoms with Gasteiger partial charge in [-0.25, -0.2) is 13.2 Å². The maximum Gasteiger partial charge on any atom is 0.343 e. The first kappa shape index (κ1) is 16.3. The summed E-state index contributed by atoms with van der Waals surface area (Å²) < 4.78 is 33.3.